The van der Waals surface area contributed by atoms with Gasteiger partial charge in [-0.2, -0.15) is 13.2 Å². The number of alkyl halides is 3. The van der Waals surface area contributed by atoms with Crippen molar-refractivity contribution in [1.82, 2.24) is 14.9 Å². The smallest absolute Gasteiger partial charge is 0.395 e. The number of anilines is 2. The van der Waals surface area contributed by atoms with Crippen molar-refractivity contribution >= 4 is 27.4 Å². The quantitative estimate of drug-likeness (QED) is 0.527. The average molecular weight is 548 g/mol. The maximum absolute atomic E-state index is 14.1. The van der Waals surface area contributed by atoms with E-state index in [-0.39, 0.29) is 44.1 Å². The molecule has 1 aromatic heterocycles. The Morgan fingerprint density at radius 1 is 1.27 bits per heavy atom. The molecule has 0 radical (unpaired) electrons. The highest BCUT2D eigenvalue weighted by Crippen LogP contribution is 2.34. The molecule has 37 heavy (non-hydrogen) atoms. The molecule has 1 atom stereocenters. The fourth-order valence-corrected chi connectivity index (χ4v) is 4.93. The van der Waals surface area contributed by atoms with Crippen molar-refractivity contribution in [3.63, 3.8) is 0 Å². The van der Waals surface area contributed by atoms with Crippen LogP contribution < -0.4 is 9.80 Å². The van der Waals surface area contributed by atoms with Crippen molar-refractivity contribution in [2.24, 2.45) is 5.92 Å². The Hall–Kier alpha value is -3.00. The van der Waals surface area contributed by atoms with E-state index in [1.165, 1.54) is 19.2 Å². The Morgan fingerprint density at radius 3 is 2.51 bits per heavy atom. The molecule has 14 heteroatoms. The van der Waals surface area contributed by atoms with Gasteiger partial charge in [0.25, 0.3) is 5.91 Å². The van der Waals surface area contributed by atoms with Crippen LogP contribution in [0.1, 0.15) is 29.9 Å². The van der Waals surface area contributed by atoms with Gasteiger partial charge in [0.05, 0.1) is 18.2 Å². The number of benzene rings is 1. The van der Waals surface area contributed by atoms with Gasteiger partial charge in [0, 0.05) is 51.4 Å². The molecule has 0 spiro atoms. The van der Waals surface area contributed by atoms with E-state index in [9.17, 15) is 30.8 Å². The molecule has 0 saturated carbocycles. The lowest BCUT2D eigenvalue weighted by Crippen LogP contribution is -2.56. The number of carbonyl (C=O) groups is 1. The van der Waals surface area contributed by atoms with Gasteiger partial charge in [-0.25, -0.2) is 22.8 Å². The fraction of sp³-hybridized carbons (Fsp3) is 0.522. The first-order valence-electron chi connectivity index (χ1n) is 11.5. The molecule has 1 amide bonds. The summed E-state index contributed by atoms with van der Waals surface area (Å²) in [7, 11) is -2.53. The number of amides is 1. The summed E-state index contributed by atoms with van der Waals surface area (Å²) in [4.78, 5) is 24.4. The molecule has 1 saturated heterocycles. The normalized spacial score (nSPS) is 16.9. The van der Waals surface area contributed by atoms with Crippen LogP contribution in [0.15, 0.2) is 29.3 Å². The van der Waals surface area contributed by atoms with Gasteiger partial charge in [-0.05, 0) is 24.1 Å². The molecule has 1 aliphatic rings. The first kappa shape index (κ1) is 28.6. The van der Waals surface area contributed by atoms with E-state index in [4.69, 9.17) is 5.11 Å². The Labute approximate surface area is 212 Å². The number of aromatic nitrogens is 2. The Balaban J connectivity index is 1.96. The molecule has 2 heterocycles. The summed E-state index contributed by atoms with van der Waals surface area (Å²) < 4.78 is 79.7. The van der Waals surface area contributed by atoms with Crippen LogP contribution >= 0.6 is 0 Å². The van der Waals surface area contributed by atoms with Gasteiger partial charge in [-0.15, -0.1) is 0 Å². The van der Waals surface area contributed by atoms with E-state index in [2.05, 4.69) is 9.97 Å². The zero-order valence-corrected chi connectivity index (χ0v) is 21.6. The number of nitrogens with zero attached hydrogens (tertiary/aromatic N) is 5. The SMILES string of the molecule is CC(C)[C@@H]1CN(c2ccc(F)c(S(C)(=O)=O)c2)CCN1c1ncc(C(=O)N(C)CCO)c(C(F)(F)F)n1. The molecule has 3 rings (SSSR count). The molecule has 1 N–H and O–H groups in total. The number of hydrogen-bond acceptors (Lipinski definition) is 8. The third-order valence-electron chi connectivity index (χ3n) is 6.18. The van der Waals surface area contributed by atoms with Crippen molar-refractivity contribution in [1.29, 1.82) is 0 Å². The third kappa shape index (κ3) is 6.29. The number of piperazine rings is 1. The van der Waals surface area contributed by atoms with E-state index in [1.807, 2.05) is 18.7 Å². The molecule has 9 nitrogen and oxygen atoms in total. The van der Waals surface area contributed by atoms with Gasteiger partial charge >= 0.3 is 6.18 Å². The van der Waals surface area contributed by atoms with Crippen molar-refractivity contribution in [2.75, 3.05) is 55.9 Å². The second-order valence-electron chi connectivity index (χ2n) is 9.22. The molecular formula is C23H29F4N5O4S. The van der Waals surface area contributed by atoms with Crippen LogP contribution in [0.5, 0.6) is 0 Å². The van der Waals surface area contributed by atoms with Gasteiger partial charge < -0.3 is 19.8 Å². The number of hydrogen-bond donors (Lipinski definition) is 1. The molecule has 1 aliphatic heterocycles. The molecule has 0 bridgehead atoms. The number of likely N-dealkylation sites (N-methyl/N-ethyl adjacent to an activating group) is 1. The maximum atomic E-state index is 14.1. The number of aliphatic hydroxyl groups is 1. The minimum Gasteiger partial charge on any atom is -0.395 e. The highest BCUT2D eigenvalue weighted by molar-refractivity contribution is 7.90. The summed E-state index contributed by atoms with van der Waals surface area (Å²) in [6.07, 6.45) is -3.16. The van der Waals surface area contributed by atoms with E-state index >= 15 is 0 Å². The van der Waals surface area contributed by atoms with Gasteiger partial charge in [-0.1, -0.05) is 13.8 Å². The number of carbonyl (C=O) groups excluding carboxylic acids is 1. The lowest BCUT2D eigenvalue weighted by molar-refractivity contribution is -0.141. The first-order valence-corrected chi connectivity index (χ1v) is 13.4. The Bertz CT molecular complexity index is 1260. The summed E-state index contributed by atoms with van der Waals surface area (Å²) in [5, 5.41) is 9.02. The first-order chi connectivity index (χ1) is 17.1. The highest BCUT2D eigenvalue weighted by Gasteiger charge is 2.40. The molecular weight excluding hydrogens is 518 g/mol. The molecule has 0 aliphatic carbocycles. The largest absolute Gasteiger partial charge is 0.434 e. The van der Waals surface area contributed by atoms with Crippen LogP contribution in [0.2, 0.25) is 0 Å². The van der Waals surface area contributed by atoms with Gasteiger partial charge in [0.2, 0.25) is 5.95 Å². The zero-order chi connectivity index (χ0) is 27.7. The molecule has 204 valence electrons. The van der Waals surface area contributed by atoms with E-state index in [1.54, 1.807) is 4.90 Å². The number of sulfone groups is 1. The van der Waals surface area contributed by atoms with Crippen LogP contribution in [0.3, 0.4) is 0 Å². The summed E-state index contributed by atoms with van der Waals surface area (Å²) in [6, 6.07) is 3.41. The summed E-state index contributed by atoms with van der Waals surface area (Å²) in [5.74, 6) is -2.09. The van der Waals surface area contributed by atoms with Crippen molar-refractivity contribution in [3.05, 3.63) is 41.5 Å². The zero-order valence-electron chi connectivity index (χ0n) is 20.8. The van der Waals surface area contributed by atoms with Crippen LogP contribution in [0, 0.1) is 11.7 Å². The second kappa shape index (κ2) is 10.8. The molecule has 0 unspecified atom stereocenters. The number of rotatable bonds is 7. The number of halogens is 4. The summed E-state index contributed by atoms with van der Waals surface area (Å²) >= 11 is 0. The van der Waals surface area contributed by atoms with Crippen molar-refractivity contribution in [2.45, 2.75) is 31.0 Å². The maximum Gasteiger partial charge on any atom is 0.434 e. The van der Waals surface area contributed by atoms with E-state index < -0.39 is 50.5 Å². The lowest BCUT2D eigenvalue weighted by Gasteiger charge is -2.44. The number of aliphatic hydroxyl groups excluding tert-OH is 1. The third-order valence-corrected chi connectivity index (χ3v) is 7.29. The monoisotopic (exact) mass is 547 g/mol. The lowest BCUT2D eigenvalue weighted by atomic mass is 9.99. The van der Waals surface area contributed by atoms with E-state index in [0.29, 0.717) is 5.69 Å². The predicted octanol–water partition coefficient (Wildman–Crippen LogP) is 2.45. The minimum absolute atomic E-state index is 0.0763. The molecule has 1 aromatic carbocycles. The minimum atomic E-state index is -4.92. The van der Waals surface area contributed by atoms with Crippen molar-refractivity contribution < 1.29 is 35.9 Å². The van der Waals surface area contributed by atoms with Gasteiger partial charge in [0.1, 0.15) is 10.7 Å². The predicted molar refractivity (Wildman–Crippen MR) is 129 cm³/mol. The standard InChI is InChI=1S/C23H29F4N5O4S/c1-14(2)18-13-31(15-5-6-17(24)19(11-15)37(4,35)36)7-8-32(18)22-28-12-16(20(29-22)23(25,26)27)21(34)30(3)9-10-33/h5-6,11-12,14,18,33H,7-10,13H2,1-4H3/t18-/m0/s1. The van der Waals surface area contributed by atoms with Gasteiger partial charge in [-0.3, -0.25) is 4.79 Å². The Kier molecular flexibility index (Phi) is 8.32. The molecule has 2 aromatic rings. The van der Waals surface area contributed by atoms with Crippen LogP contribution in [-0.2, 0) is 16.0 Å². The van der Waals surface area contributed by atoms with E-state index in [0.717, 1.165) is 23.4 Å². The highest BCUT2D eigenvalue weighted by atomic mass is 32.2. The van der Waals surface area contributed by atoms with Gasteiger partial charge in [0.15, 0.2) is 15.5 Å². The second-order valence-corrected chi connectivity index (χ2v) is 11.2. The summed E-state index contributed by atoms with van der Waals surface area (Å²) in [6.45, 7) is 3.95. The van der Waals surface area contributed by atoms with Crippen LogP contribution in [0.4, 0.5) is 29.2 Å². The fourth-order valence-electron chi connectivity index (χ4n) is 4.18. The molecule has 1 fully saturated rings. The van der Waals surface area contributed by atoms with Crippen LogP contribution in [0.25, 0.3) is 0 Å². The topological polar surface area (TPSA) is 107 Å². The van der Waals surface area contributed by atoms with Crippen LogP contribution in [-0.4, -0.2) is 86.4 Å². The average Bonchev–Trinajstić information content (AvgIpc) is 2.82. The summed E-state index contributed by atoms with van der Waals surface area (Å²) in [5.41, 5.74) is -1.61. The Morgan fingerprint density at radius 2 is 1.95 bits per heavy atom. The van der Waals surface area contributed by atoms with Crippen molar-refractivity contribution in [3.8, 4) is 0 Å².